The molecule has 0 aromatic heterocycles. The van der Waals surface area contributed by atoms with Crippen LogP contribution in [0.3, 0.4) is 0 Å². The molecule has 3 amide bonds. The molecule has 0 bridgehead atoms. The maximum atomic E-state index is 13.4. The van der Waals surface area contributed by atoms with Crippen LogP contribution in [0.25, 0.3) is 0 Å². The highest BCUT2D eigenvalue weighted by atomic mass is 35.5. The van der Waals surface area contributed by atoms with Gasteiger partial charge in [-0.2, -0.15) is 13.2 Å². The van der Waals surface area contributed by atoms with E-state index < -0.39 is 34.9 Å². The fourth-order valence-corrected chi connectivity index (χ4v) is 3.27. The summed E-state index contributed by atoms with van der Waals surface area (Å²) < 4.78 is 45.2. The maximum Gasteiger partial charge on any atom is 0.418 e. The van der Waals surface area contributed by atoms with Gasteiger partial charge in [0, 0.05) is 10.7 Å². The average Bonchev–Trinajstić information content (AvgIpc) is 2.93. The van der Waals surface area contributed by atoms with Gasteiger partial charge in [-0.05, 0) is 35.9 Å². The molecule has 1 aliphatic rings. The van der Waals surface area contributed by atoms with Crippen LogP contribution >= 0.6 is 11.6 Å². The van der Waals surface area contributed by atoms with Crippen molar-refractivity contribution in [3.8, 4) is 0 Å². The van der Waals surface area contributed by atoms with Crippen LogP contribution < -0.4 is 16.0 Å². The topological polar surface area (TPSA) is 84.7 Å². The number of ether oxygens (including phenoxy) is 1. The molecule has 0 saturated carbocycles. The van der Waals surface area contributed by atoms with E-state index in [1.54, 1.807) is 0 Å². The molecule has 1 atom stereocenters. The first-order chi connectivity index (χ1) is 14.1. The summed E-state index contributed by atoms with van der Waals surface area (Å²) in [6.45, 7) is 3.36. The number of nitrogen functional groups attached to an aromatic ring is 1. The first-order valence-corrected chi connectivity index (χ1v) is 9.06. The Hall–Kier alpha value is -3.04. The number of anilines is 2. The smallest absolute Gasteiger partial charge is 0.398 e. The molecule has 158 valence electrons. The Labute approximate surface area is 175 Å². The van der Waals surface area contributed by atoms with Crippen molar-refractivity contribution < 1.29 is 27.5 Å². The molecule has 1 unspecified atom stereocenters. The molecule has 0 aliphatic carbocycles. The lowest BCUT2D eigenvalue weighted by Crippen LogP contribution is -2.48. The van der Waals surface area contributed by atoms with Crippen molar-refractivity contribution in [2.45, 2.75) is 11.7 Å². The molecular weight excluding hydrogens is 423 g/mol. The summed E-state index contributed by atoms with van der Waals surface area (Å²) >= 11 is 5.91. The molecule has 2 aromatic rings. The Balaban J connectivity index is 2.07. The van der Waals surface area contributed by atoms with Crippen LogP contribution in [-0.2, 0) is 21.2 Å². The van der Waals surface area contributed by atoms with Crippen LogP contribution in [0, 0.1) is 0 Å². The number of hydrogen-bond donors (Lipinski definition) is 2. The van der Waals surface area contributed by atoms with Crippen LogP contribution in [0.2, 0.25) is 5.02 Å². The molecule has 3 rings (SSSR count). The molecule has 1 saturated heterocycles. The second-order valence-corrected chi connectivity index (χ2v) is 6.99. The minimum Gasteiger partial charge on any atom is -0.398 e. The number of nitrogens with two attached hydrogens (primary N) is 1. The highest BCUT2D eigenvalue weighted by Crippen LogP contribution is 2.39. The molecule has 10 heteroatoms. The third kappa shape index (κ3) is 3.86. The number of rotatable bonds is 6. The van der Waals surface area contributed by atoms with E-state index in [1.807, 2.05) is 0 Å². The van der Waals surface area contributed by atoms with Crippen molar-refractivity contribution in [3.63, 3.8) is 0 Å². The maximum absolute atomic E-state index is 13.4. The zero-order valence-electron chi connectivity index (χ0n) is 15.5. The Morgan fingerprint density at radius 3 is 2.47 bits per heavy atom. The number of amides is 3. The molecule has 2 aromatic carbocycles. The zero-order valence-corrected chi connectivity index (χ0v) is 16.3. The Morgan fingerprint density at radius 2 is 1.87 bits per heavy atom. The highest BCUT2D eigenvalue weighted by Gasteiger charge is 2.53. The summed E-state index contributed by atoms with van der Waals surface area (Å²) in [6.07, 6.45) is -3.29. The predicted octanol–water partition coefficient (Wildman–Crippen LogP) is 4.10. The number of carbonyl (C=O) groups excluding carboxylic acids is 2. The van der Waals surface area contributed by atoms with Gasteiger partial charge < -0.3 is 15.8 Å². The number of carbonyl (C=O) groups is 2. The number of imide groups is 1. The fourth-order valence-electron chi connectivity index (χ4n) is 3.14. The third-order valence-electron chi connectivity index (χ3n) is 4.58. The fraction of sp³-hybridized carbons (Fsp3) is 0.200. The van der Waals surface area contributed by atoms with E-state index in [0.29, 0.717) is 21.6 Å². The van der Waals surface area contributed by atoms with Crippen LogP contribution in [0.5, 0.6) is 0 Å². The van der Waals surface area contributed by atoms with E-state index >= 15 is 0 Å². The lowest BCUT2D eigenvalue weighted by molar-refractivity contribution is -0.137. The number of halogens is 4. The Kier molecular flexibility index (Phi) is 5.78. The van der Waals surface area contributed by atoms with Gasteiger partial charge in [0.1, 0.15) is 0 Å². The number of hydrogen-bond acceptors (Lipinski definition) is 4. The second-order valence-electron chi connectivity index (χ2n) is 6.56. The summed E-state index contributed by atoms with van der Waals surface area (Å²) in [6, 6.07) is 8.06. The van der Waals surface area contributed by atoms with Gasteiger partial charge in [0.05, 0.1) is 24.5 Å². The van der Waals surface area contributed by atoms with Crippen molar-refractivity contribution in [1.82, 2.24) is 5.32 Å². The molecule has 6 nitrogen and oxygen atoms in total. The SMILES string of the molecule is C=CCOCC1(c2ccc(Cl)cc2)NC(=O)N(c2ccc(N)c(C(F)(F)F)c2)C1=O. The number of benzene rings is 2. The van der Waals surface area contributed by atoms with Gasteiger partial charge in [-0.1, -0.05) is 29.8 Å². The molecule has 1 fully saturated rings. The van der Waals surface area contributed by atoms with E-state index in [-0.39, 0.29) is 18.9 Å². The van der Waals surface area contributed by atoms with Crippen molar-refractivity contribution in [2.24, 2.45) is 0 Å². The number of alkyl halides is 3. The lowest BCUT2D eigenvalue weighted by atomic mass is 9.90. The average molecular weight is 440 g/mol. The molecule has 3 N–H and O–H groups in total. The van der Waals surface area contributed by atoms with Crippen molar-refractivity contribution in [3.05, 3.63) is 71.3 Å². The number of nitrogens with one attached hydrogen (secondary N) is 1. The summed E-state index contributed by atoms with van der Waals surface area (Å²) in [5.74, 6) is -0.795. The normalized spacial score (nSPS) is 19.1. The van der Waals surface area contributed by atoms with Crippen LogP contribution in [0.1, 0.15) is 11.1 Å². The molecule has 0 radical (unpaired) electrons. The lowest BCUT2D eigenvalue weighted by Gasteiger charge is -2.27. The highest BCUT2D eigenvalue weighted by molar-refractivity contribution is 6.30. The van der Waals surface area contributed by atoms with Crippen LogP contribution in [0.15, 0.2) is 55.1 Å². The molecule has 30 heavy (non-hydrogen) atoms. The van der Waals surface area contributed by atoms with E-state index in [4.69, 9.17) is 22.1 Å². The number of urea groups is 1. The third-order valence-corrected chi connectivity index (χ3v) is 4.84. The van der Waals surface area contributed by atoms with Crippen molar-refractivity contribution in [1.29, 1.82) is 0 Å². The van der Waals surface area contributed by atoms with Gasteiger partial charge in [-0.3, -0.25) is 4.79 Å². The standard InChI is InChI=1S/C20H17ClF3N3O3/c1-2-9-30-11-19(12-3-5-13(21)6-4-12)17(28)27(18(29)26-19)14-7-8-16(25)15(10-14)20(22,23)24/h2-8,10H,1,9,11,25H2,(H,26,29). The Bertz CT molecular complexity index is 995. The van der Waals surface area contributed by atoms with Gasteiger partial charge in [-0.15, -0.1) is 6.58 Å². The van der Waals surface area contributed by atoms with Crippen molar-refractivity contribution >= 4 is 34.9 Å². The summed E-state index contributed by atoms with van der Waals surface area (Å²) in [5.41, 5.74) is 2.20. The van der Waals surface area contributed by atoms with Crippen LogP contribution in [-0.4, -0.2) is 25.2 Å². The quantitative estimate of drug-likeness (QED) is 0.307. The van der Waals surface area contributed by atoms with Gasteiger partial charge in [0.2, 0.25) is 0 Å². The van der Waals surface area contributed by atoms with E-state index in [0.717, 1.165) is 6.07 Å². The van der Waals surface area contributed by atoms with E-state index in [1.165, 1.54) is 36.4 Å². The molecule has 0 spiro atoms. The largest absolute Gasteiger partial charge is 0.418 e. The monoisotopic (exact) mass is 439 g/mol. The van der Waals surface area contributed by atoms with Gasteiger partial charge in [-0.25, -0.2) is 9.69 Å². The van der Waals surface area contributed by atoms with Gasteiger partial charge in [0.25, 0.3) is 5.91 Å². The van der Waals surface area contributed by atoms with E-state index in [9.17, 15) is 22.8 Å². The minimum atomic E-state index is -4.75. The van der Waals surface area contributed by atoms with Crippen LogP contribution in [0.4, 0.5) is 29.3 Å². The van der Waals surface area contributed by atoms with Gasteiger partial charge >= 0.3 is 12.2 Å². The van der Waals surface area contributed by atoms with Gasteiger partial charge in [0.15, 0.2) is 5.54 Å². The summed E-state index contributed by atoms with van der Waals surface area (Å²) in [5, 5.41) is 2.96. The first-order valence-electron chi connectivity index (χ1n) is 8.68. The van der Waals surface area contributed by atoms with Crippen molar-refractivity contribution in [2.75, 3.05) is 23.8 Å². The number of nitrogens with zero attached hydrogens (tertiary/aromatic N) is 1. The second kappa shape index (κ2) is 8.00. The molecule has 1 heterocycles. The summed E-state index contributed by atoms with van der Waals surface area (Å²) in [7, 11) is 0. The predicted molar refractivity (Wildman–Crippen MR) is 106 cm³/mol. The zero-order chi connectivity index (χ0) is 22.1. The molecular formula is C20H17ClF3N3O3. The minimum absolute atomic E-state index is 0.0958. The first kappa shape index (κ1) is 21.7. The Morgan fingerprint density at radius 1 is 1.20 bits per heavy atom. The molecule has 1 aliphatic heterocycles. The summed E-state index contributed by atoms with van der Waals surface area (Å²) in [4.78, 5) is 26.7. The van der Waals surface area contributed by atoms with E-state index in [2.05, 4.69) is 11.9 Å².